The summed E-state index contributed by atoms with van der Waals surface area (Å²) in [6, 6.07) is 24.4. The van der Waals surface area contributed by atoms with E-state index in [-0.39, 0.29) is 5.91 Å². The van der Waals surface area contributed by atoms with E-state index >= 15 is 0 Å². The molecular formula is C35H44N6O. The van der Waals surface area contributed by atoms with Crippen molar-refractivity contribution >= 4 is 29.3 Å². The van der Waals surface area contributed by atoms with Crippen molar-refractivity contribution in [3.8, 4) is 0 Å². The van der Waals surface area contributed by atoms with Crippen LogP contribution in [0.25, 0.3) is 6.08 Å². The first-order valence-electron chi connectivity index (χ1n) is 14.7. The lowest BCUT2D eigenvalue weighted by atomic mass is 9.89. The van der Waals surface area contributed by atoms with E-state index in [0.29, 0.717) is 42.5 Å². The number of anilines is 1. The zero-order chi connectivity index (χ0) is 30.1. The van der Waals surface area contributed by atoms with Gasteiger partial charge in [0.15, 0.2) is 5.84 Å². The molecule has 1 aliphatic rings. The molecule has 7 heteroatoms. The normalized spacial score (nSPS) is 19.1. The van der Waals surface area contributed by atoms with E-state index in [2.05, 4.69) is 60.2 Å². The second-order valence-electron chi connectivity index (χ2n) is 11.5. The number of benzene rings is 3. The topological polar surface area (TPSA) is 109 Å². The molecule has 4 rings (SSSR count). The van der Waals surface area contributed by atoms with Crippen molar-refractivity contribution in [2.24, 2.45) is 39.4 Å². The third-order valence-electron chi connectivity index (χ3n) is 8.13. The Morgan fingerprint density at radius 2 is 1.69 bits per heavy atom. The van der Waals surface area contributed by atoms with Gasteiger partial charge in [-0.3, -0.25) is 4.79 Å². The molecule has 3 atom stereocenters. The van der Waals surface area contributed by atoms with Crippen LogP contribution in [0, 0.1) is 24.7 Å². The average Bonchev–Trinajstić information content (AvgIpc) is 3.33. The van der Waals surface area contributed by atoms with Crippen LogP contribution in [0.3, 0.4) is 0 Å². The van der Waals surface area contributed by atoms with Crippen LogP contribution in [0.4, 0.5) is 5.69 Å². The summed E-state index contributed by atoms with van der Waals surface area (Å²) < 4.78 is 0. The Hall–Kier alpha value is -4.23. The Labute approximate surface area is 250 Å². The number of carbonyl (C=O) groups excluding carboxylic acids is 1. The molecule has 1 fully saturated rings. The van der Waals surface area contributed by atoms with E-state index in [4.69, 9.17) is 11.5 Å². The van der Waals surface area contributed by atoms with Gasteiger partial charge in [-0.05, 0) is 85.7 Å². The highest BCUT2D eigenvalue weighted by Gasteiger charge is 2.32. The molecule has 7 nitrogen and oxygen atoms in total. The van der Waals surface area contributed by atoms with Gasteiger partial charge in [0.2, 0.25) is 5.91 Å². The van der Waals surface area contributed by atoms with Gasteiger partial charge >= 0.3 is 0 Å². The number of rotatable bonds is 12. The maximum Gasteiger partial charge on any atom is 0.241 e. The van der Waals surface area contributed by atoms with E-state index < -0.39 is 0 Å². The number of hydrogen-bond acceptors (Lipinski definition) is 4. The maximum absolute atomic E-state index is 13.7. The molecule has 0 saturated heterocycles. The van der Waals surface area contributed by atoms with Gasteiger partial charge in [-0.25, -0.2) is 0 Å². The first-order chi connectivity index (χ1) is 20.2. The van der Waals surface area contributed by atoms with Crippen LogP contribution in [0.15, 0.2) is 89.6 Å². The number of nitrogens with one attached hydrogen (secondary N) is 1. The Morgan fingerprint density at radius 1 is 1.00 bits per heavy atom. The average molecular weight is 565 g/mol. The largest absolute Gasteiger partial charge is 0.386 e. The fourth-order valence-corrected chi connectivity index (χ4v) is 6.00. The van der Waals surface area contributed by atoms with Crippen LogP contribution in [-0.2, 0) is 17.8 Å². The Bertz CT molecular complexity index is 1420. The van der Waals surface area contributed by atoms with Crippen LogP contribution in [0.5, 0.6) is 0 Å². The molecular weight excluding hydrogens is 520 g/mol. The van der Waals surface area contributed by atoms with E-state index in [1.54, 1.807) is 6.92 Å². The van der Waals surface area contributed by atoms with E-state index in [1.807, 2.05) is 59.5 Å². The number of nitrogens with two attached hydrogens (primary N) is 2. The van der Waals surface area contributed by atoms with E-state index in [0.717, 1.165) is 47.3 Å². The van der Waals surface area contributed by atoms with Crippen molar-refractivity contribution in [3.63, 3.8) is 0 Å². The van der Waals surface area contributed by atoms with Gasteiger partial charge < -0.3 is 21.7 Å². The first kappa shape index (κ1) is 30.7. The molecule has 1 aliphatic carbocycles. The highest BCUT2D eigenvalue weighted by molar-refractivity contribution is 5.98. The van der Waals surface area contributed by atoms with Crippen molar-refractivity contribution in [1.29, 1.82) is 0 Å². The molecule has 5 N–H and O–H groups in total. The predicted molar refractivity (Wildman–Crippen MR) is 175 cm³/mol. The van der Waals surface area contributed by atoms with Crippen molar-refractivity contribution in [1.82, 2.24) is 5.32 Å². The highest BCUT2D eigenvalue weighted by atomic mass is 16.2. The number of hydrogen-bond donors (Lipinski definition) is 3. The van der Waals surface area contributed by atoms with E-state index in [1.165, 1.54) is 12.0 Å². The monoisotopic (exact) mass is 564 g/mol. The summed E-state index contributed by atoms with van der Waals surface area (Å²) in [5.74, 6) is 2.50. The Morgan fingerprint density at radius 3 is 2.40 bits per heavy atom. The van der Waals surface area contributed by atoms with Crippen LogP contribution >= 0.6 is 0 Å². The zero-order valence-corrected chi connectivity index (χ0v) is 25.1. The number of amides is 1. The molecule has 0 radical (unpaired) electrons. The van der Waals surface area contributed by atoms with Crippen LogP contribution < -0.4 is 21.7 Å². The van der Waals surface area contributed by atoms with Gasteiger partial charge in [-0.15, -0.1) is 10.2 Å². The lowest BCUT2D eigenvalue weighted by molar-refractivity contribution is -0.118. The van der Waals surface area contributed by atoms with Gasteiger partial charge in [0.05, 0.1) is 13.1 Å². The molecule has 0 spiro atoms. The fourth-order valence-electron chi connectivity index (χ4n) is 6.00. The minimum Gasteiger partial charge on any atom is -0.386 e. The smallest absolute Gasteiger partial charge is 0.241 e. The minimum absolute atomic E-state index is 0.0646. The van der Waals surface area contributed by atoms with E-state index in [9.17, 15) is 4.79 Å². The summed E-state index contributed by atoms with van der Waals surface area (Å²) in [6.45, 7) is 11.6. The third kappa shape index (κ3) is 8.17. The molecule has 220 valence electrons. The molecule has 3 unspecified atom stereocenters. The summed E-state index contributed by atoms with van der Waals surface area (Å²) >= 11 is 0. The number of carbonyl (C=O) groups is 1. The zero-order valence-electron chi connectivity index (χ0n) is 25.1. The van der Waals surface area contributed by atoms with Gasteiger partial charge in [0.1, 0.15) is 5.84 Å². The van der Waals surface area contributed by atoms with Crippen molar-refractivity contribution in [3.05, 3.63) is 107 Å². The molecule has 0 aromatic heterocycles. The summed E-state index contributed by atoms with van der Waals surface area (Å²) in [5, 5.41) is 11.4. The van der Waals surface area contributed by atoms with Crippen LogP contribution in [0.2, 0.25) is 0 Å². The second kappa shape index (κ2) is 14.6. The van der Waals surface area contributed by atoms with Gasteiger partial charge in [-0.2, -0.15) is 0 Å². The van der Waals surface area contributed by atoms with Crippen LogP contribution in [0.1, 0.15) is 54.5 Å². The molecule has 0 heterocycles. The molecule has 0 bridgehead atoms. The number of nitrogens with zero attached hydrogens (tertiary/aromatic N) is 3. The maximum atomic E-state index is 13.7. The second-order valence-corrected chi connectivity index (χ2v) is 11.5. The summed E-state index contributed by atoms with van der Waals surface area (Å²) in [5.41, 5.74) is 17.8. The summed E-state index contributed by atoms with van der Waals surface area (Å²) in [4.78, 5) is 15.6. The predicted octanol–water partition coefficient (Wildman–Crippen LogP) is 5.66. The third-order valence-corrected chi connectivity index (χ3v) is 8.13. The molecule has 1 amide bonds. The van der Waals surface area contributed by atoms with Gasteiger partial charge in [0, 0.05) is 11.3 Å². The fraction of sp³-hybridized carbons (Fsp3) is 0.343. The molecule has 3 aromatic rings. The summed E-state index contributed by atoms with van der Waals surface area (Å²) in [6.07, 6.45) is 5.19. The lowest BCUT2D eigenvalue weighted by Gasteiger charge is -2.26. The van der Waals surface area contributed by atoms with Crippen molar-refractivity contribution in [2.45, 2.75) is 46.6 Å². The standard InChI is InChI=1S/C35H44N6O/c1-5-28-11-7-8-12-30(28)23-41(33-13-9-6-10-25(33)3)34(42)22-38-21-32-19-24(2)18-31(32)20-27-14-16-29(17-15-27)35(37)40-39-26(4)36/h5-17,24,31-32,38H,1,18-23H2,2-4H3,(H2,36,39)(H2,37,40). The molecule has 42 heavy (non-hydrogen) atoms. The quantitative estimate of drug-likeness (QED) is 0.150. The Kier molecular flexibility index (Phi) is 10.7. The number of amidine groups is 2. The highest BCUT2D eigenvalue weighted by Crippen LogP contribution is 2.38. The Balaban J connectivity index is 1.39. The molecule has 0 aliphatic heterocycles. The number of aryl methyl sites for hydroxylation is 1. The van der Waals surface area contributed by atoms with Crippen molar-refractivity contribution in [2.75, 3.05) is 18.0 Å². The summed E-state index contributed by atoms with van der Waals surface area (Å²) in [7, 11) is 0. The SMILES string of the molecule is C=Cc1ccccc1CN(C(=O)CNCC1CC(C)CC1Cc1ccc(/C(N)=N/N=C(/C)N)cc1)c1ccccc1C. The number of para-hydroxylation sites is 1. The molecule has 3 aromatic carbocycles. The van der Waals surface area contributed by atoms with Gasteiger partial charge in [0.25, 0.3) is 0 Å². The first-order valence-corrected chi connectivity index (χ1v) is 14.7. The molecule has 1 saturated carbocycles. The van der Waals surface area contributed by atoms with Crippen molar-refractivity contribution < 1.29 is 4.79 Å². The van der Waals surface area contributed by atoms with Crippen LogP contribution in [-0.4, -0.2) is 30.7 Å². The van der Waals surface area contributed by atoms with Gasteiger partial charge in [-0.1, -0.05) is 86.3 Å². The minimum atomic E-state index is 0.0646. The lowest BCUT2D eigenvalue weighted by Crippen LogP contribution is -2.40.